The number of hydrogen-bond donors (Lipinski definition) is 1. The van der Waals surface area contributed by atoms with Crippen LogP contribution < -0.4 is 10.1 Å². The van der Waals surface area contributed by atoms with E-state index in [0.29, 0.717) is 11.4 Å². The number of anilines is 1. The minimum absolute atomic E-state index is 0.0185. The molecule has 8 heteroatoms. The average Bonchev–Trinajstić information content (AvgIpc) is 2.60. The molecule has 0 aromatic heterocycles. The number of nitrogens with zero attached hydrogens (tertiary/aromatic N) is 1. The van der Waals surface area contributed by atoms with Crippen LogP contribution in [0.2, 0.25) is 0 Å². The molecule has 2 aromatic carbocycles. The third kappa shape index (κ3) is 5.56. The van der Waals surface area contributed by atoms with Crippen molar-refractivity contribution in [3.8, 4) is 5.75 Å². The van der Waals surface area contributed by atoms with Crippen molar-refractivity contribution in [2.75, 3.05) is 26.0 Å². The Morgan fingerprint density at radius 1 is 1.11 bits per heavy atom. The van der Waals surface area contributed by atoms with Gasteiger partial charge >= 0.3 is 0 Å². The summed E-state index contributed by atoms with van der Waals surface area (Å²) >= 11 is 3.48. The van der Waals surface area contributed by atoms with Gasteiger partial charge in [-0.2, -0.15) is 0 Å². The highest BCUT2D eigenvalue weighted by molar-refractivity contribution is 9.10. The molecular formula is C20H25BrN2O4S. The van der Waals surface area contributed by atoms with Crippen LogP contribution in [0.3, 0.4) is 0 Å². The SMILES string of the molecule is CN(C)S(=O)(=O)c1ccc(NC(=O)COc2ccc(C(C)(C)C)cc2Br)cc1. The Labute approximate surface area is 175 Å². The molecule has 0 spiro atoms. The van der Waals surface area contributed by atoms with Gasteiger partial charge in [0.2, 0.25) is 10.0 Å². The van der Waals surface area contributed by atoms with Crippen molar-refractivity contribution >= 4 is 37.5 Å². The maximum atomic E-state index is 12.1. The van der Waals surface area contributed by atoms with Gasteiger partial charge in [-0.3, -0.25) is 4.79 Å². The summed E-state index contributed by atoms with van der Waals surface area (Å²) in [4.78, 5) is 12.3. The zero-order chi connectivity index (χ0) is 21.1. The van der Waals surface area contributed by atoms with Crippen molar-refractivity contribution in [3.63, 3.8) is 0 Å². The number of benzene rings is 2. The van der Waals surface area contributed by atoms with Gasteiger partial charge < -0.3 is 10.1 Å². The first kappa shape index (κ1) is 22.4. The van der Waals surface area contributed by atoms with Crippen molar-refractivity contribution in [2.24, 2.45) is 0 Å². The third-order valence-electron chi connectivity index (χ3n) is 4.07. The van der Waals surface area contributed by atoms with Gasteiger partial charge in [-0.1, -0.05) is 26.8 Å². The van der Waals surface area contributed by atoms with Crippen LogP contribution in [0.5, 0.6) is 5.75 Å². The Morgan fingerprint density at radius 2 is 1.71 bits per heavy atom. The van der Waals surface area contributed by atoms with Gasteiger partial charge in [-0.15, -0.1) is 0 Å². The summed E-state index contributed by atoms with van der Waals surface area (Å²) in [5.41, 5.74) is 1.67. The predicted molar refractivity (Wildman–Crippen MR) is 114 cm³/mol. The summed E-state index contributed by atoms with van der Waals surface area (Å²) in [5, 5.41) is 2.69. The Balaban J connectivity index is 1.98. The van der Waals surface area contributed by atoms with Crippen LogP contribution in [0.4, 0.5) is 5.69 Å². The minimum Gasteiger partial charge on any atom is -0.483 e. The van der Waals surface area contributed by atoms with Crippen LogP contribution in [0, 0.1) is 0 Å². The topological polar surface area (TPSA) is 75.7 Å². The number of amides is 1. The summed E-state index contributed by atoms with van der Waals surface area (Å²) in [5.74, 6) is 0.241. The number of carbonyl (C=O) groups is 1. The zero-order valence-corrected chi connectivity index (χ0v) is 19.0. The lowest BCUT2D eigenvalue weighted by Crippen LogP contribution is -2.22. The van der Waals surface area contributed by atoms with E-state index in [9.17, 15) is 13.2 Å². The first-order valence-electron chi connectivity index (χ1n) is 8.66. The Morgan fingerprint density at radius 3 is 2.21 bits per heavy atom. The van der Waals surface area contributed by atoms with Crippen LogP contribution in [0.15, 0.2) is 51.8 Å². The molecule has 0 heterocycles. The minimum atomic E-state index is -3.50. The van der Waals surface area contributed by atoms with Crippen molar-refractivity contribution in [3.05, 3.63) is 52.5 Å². The van der Waals surface area contributed by atoms with E-state index in [1.807, 2.05) is 18.2 Å². The average molecular weight is 469 g/mol. The molecule has 0 saturated carbocycles. The number of halogens is 1. The number of nitrogens with one attached hydrogen (secondary N) is 1. The van der Waals surface area contributed by atoms with E-state index < -0.39 is 10.0 Å². The van der Waals surface area contributed by atoms with Crippen molar-refractivity contribution in [1.29, 1.82) is 0 Å². The van der Waals surface area contributed by atoms with Gasteiger partial charge in [-0.25, -0.2) is 12.7 Å². The second-order valence-corrected chi connectivity index (χ2v) is 10.6. The van der Waals surface area contributed by atoms with Crippen LogP contribution in [-0.2, 0) is 20.2 Å². The Kier molecular flexibility index (Phi) is 6.90. The number of hydrogen-bond acceptors (Lipinski definition) is 4. The maximum absolute atomic E-state index is 12.1. The molecule has 0 aliphatic rings. The first-order valence-corrected chi connectivity index (χ1v) is 10.9. The van der Waals surface area contributed by atoms with E-state index in [0.717, 1.165) is 14.3 Å². The lowest BCUT2D eigenvalue weighted by molar-refractivity contribution is -0.118. The molecule has 0 saturated heterocycles. The lowest BCUT2D eigenvalue weighted by Gasteiger charge is -2.20. The van der Waals surface area contributed by atoms with Gasteiger partial charge in [0.15, 0.2) is 6.61 Å². The molecule has 0 aliphatic carbocycles. The fraction of sp³-hybridized carbons (Fsp3) is 0.350. The van der Waals surface area contributed by atoms with Gasteiger partial charge in [-0.05, 0) is 63.3 Å². The van der Waals surface area contributed by atoms with Gasteiger partial charge in [0, 0.05) is 19.8 Å². The molecule has 0 fully saturated rings. The summed E-state index contributed by atoms with van der Waals surface area (Å²) in [6.07, 6.45) is 0. The molecule has 28 heavy (non-hydrogen) atoms. The van der Waals surface area contributed by atoms with Crippen molar-refractivity contribution in [2.45, 2.75) is 31.1 Å². The molecule has 0 radical (unpaired) electrons. The number of sulfonamides is 1. The number of rotatable bonds is 6. The van der Waals surface area contributed by atoms with Crippen LogP contribution in [-0.4, -0.2) is 39.3 Å². The Hall–Kier alpha value is -1.90. The summed E-state index contributed by atoms with van der Waals surface area (Å²) in [6.45, 7) is 6.21. The third-order valence-corrected chi connectivity index (χ3v) is 6.52. The van der Waals surface area contributed by atoms with Gasteiger partial charge in [0.05, 0.1) is 9.37 Å². The van der Waals surface area contributed by atoms with E-state index in [1.54, 1.807) is 12.1 Å². The quantitative estimate of drug-likeness (QED) is 0.694. The van der Waals surface area contributed by atoms with Crippen LogP contribution in [0.25, 0.3) is 0 Å². The fourth-order valence-electron chi connectivity index (χ4n) is 2.35. The molecule has 2 aromatic rings. The van der Waals surface area contributed by atoms with E-state index in [2.05, 4.69) is 42.0 Å². The lowest BCUT2D eigenvalue weighted by atomic mass is 9.87. The van der Waals surface area contributed by atoms with Crippen molar-refractivity contribution in [1.82, 2.24) is 4.31 Å². The van der Waals surface area contributed by atoms with Crippen molar-refractivity contribution < 1.29 is 17.9 Å². The second-order valence-electron chi connectivity index (χ2n) is 7.54. The smallest absolute Gasteiger partial charge is 0.262 e. The summed E-state index contributed by atoms with van der Waals surface area (Å²) in [6, 6.07) is 11.8. The molecule has 1 amide bonds. The van der Waals surface area contributed by atoms with Gasteiger partial charge in [0.25, 0.3) is 5.91 Å². The highest BCUT2D eigenvalue weighted by Crippen LogP contribution is 2.31. The first-order chi connectivity index (χ1) is 12.9. The normalized spacial score (nSPS) is 12.1. The molecule has 0 atom stereocenters. The molecule has 1 N–H and O–H groups in total. The van der Waals surface area contributed by atoms with E-state index in [-0.39, 0.29) is 22.8 Å². The zero-order valence-electron chi connectivity index (χ0n) is 16.6. The van der Waals surface area contributed by atoms with Crippen LogP contribution in [0.1, 0.15) is 26.3 Å². The maximum Gasteiger partial charge on any atom is 0.262 e. The molecule has 2 rings (SSSR count). The summed E-state index contributed by atoms with van der Waals surface area (Å²) in [7, 11) is -0.563. The molecule has 0 bridgehead atoms. The fourth-order valence-corrected chi connectivity index (χ4v) is 3.74. The van der Waals surface area contributed by atoms with E-state index in [4.69, 9.17) is 4.74 Å². The largest absolute Gasteiger partial charge is 0.483 e. The standard InChI is InChI=1S/C20H25BrN2O4S/c1-20(2,3)14-6-11-18(17(21)12-14)27-13-19(24)22-15-7-9-16(10-8-15)28(25,26)23(4)5/h6-12H,13H2,1-5H3,(H,22,24). The second kappa shape index (κ2) is 8.63. The predicted octanol–water partition coefficient (Wildman–Crippen LogP) is 4.01. The monoisotopic (exact) mass is 468 g/mol. The van der Waals surface area contributed by atoms with E-state index >= 15 is 0 Å². The van der Waals surface area contributed by atoms with Crippen LogP contribution >= 0.6 is 15.9 Å². The van der Waals surface area contributed by atoms with Gasteiger partial charge in [0.1, 0.15) is 5.75 Å². The highest BCUT2D eigenvalue weighted by atomic mass is 79.9. The molecule has 0 aliphatic heterocycles. The molecule has 0 unspecified atom stereocenters. The molecular weight excluding hydrogens is 444 g/mol. The Bertz CT molecular complexity index is 949. The summed E-state index contributed by atoms with van der Waals surface area (Å²) < 4.78 is 31.6. The highest BCUT2D eigenvalue weighted by Gasteiger charge is 2.17. The number of carbonyl (C=O) groups excluding carboxylic acids is 1. The number of ether oxygens (including phenoxy) is 1. The van der Waals surface area contributed by atoms with E-state index in [1.165, 1.54) is 26.2 Å². The molecule has 152 valence electrons. The molecule has 6 nitrogen and oxygen atoms in total.